The Hall–Kier alpha value is -3.59. The number of rotatable bonds is 5. The fourth-order valence-electron chi connectivity index (χ4n) is 4.11. The summed E-state index contributed by atoms with van der Waals surface area (Å²) in [4.78, 5) is 14.8. The first-order chi connectivity index (χ1) is 15.6. The van der Waals surface area contributed by atoms with Crippen LogP contribution in [0.4, 0.5) is 14.9 Å². The highest BCUT2D eigenvalue weighted by atomic mass is 19.1. The number of hydrogen-bond donors (Lipinski definition) is 1. The number of hydrogen-bond acceptors (Lipinski definition) is 5. The first kappa shape index (κ1) is 20.3. The Kier molecular flexibility index (Phi) is 5.40. The Bertz CT molecular complexity index is 1280. The van der Waals surface area contributed by atoms with Crippen LogP contribution in [0.5, 0.6) is 0 Å². The number of carbonyl (C=O) groups excluding carboxylic acids is 1. The second kappa shape index (κ2) is 8.51. The van der Waals surface area contributed by atoms with Crippen molar-refractivity contribution < 1.29 is 13.9 Å². The molecular weight excluding hydrogens is 411 g/mol. The molecular formula is C23H23FN6O2. The van der Waals surface area contributed by atoms with E-state index in [-0.39, 0.29) is 18.7 Å². The van der Waals surface area contributed by atoms with Gasteiger partial charge in [0, 0.05) is 29.8 Å². The molecule has 2 aromatic heterocycles. The van der Waals surface area contributed by atoms with Gasteiger partial charge in [0.1, 0.15) is 5.82 Å². The van der Waals surface area contributed by atoms with Crippen molar-refractivity contribution in [3.63, 3.8) is 0 Å². The number of aryl methyl sites for hydroxylation is 1. The zero-order chi connectivity index (χ0) is 22.1. The topological polar surface area (TPSA) is 84.6 Å². The van der Waals surface area contributed by atoms with Crippen LogP contribution < -0.4 is 5.32 Å². The lowest BCUT2D eigenvalue weighted by atomic mass is 10.1. The zero-order valence-electron chi connectivity index (χ0n) is 17.7. The first-order valence-corrected chi connectivity index (χ1v) is 10.6. The highest BCUT2D eigenvalue weighted by Gasteiger charge is 2.24. The molecule has 32 heavy (non-hydrogen) atoms. The number of aromatic nitrogens is 4. The van der Waals surface area contributed by atoms with Gasteiger partial charge in [-0.1, -0.05) is 18.2 Å². The molecule has 8 nitrogen and oxygen atoms in total. The lowest BCUT2D eigenvalue weighted by molar-refractivity contribution is 0.0820. The molecule has 9 heteroatoms. The van der Waals surface area contributed by atoms with Crippen LogP contribution in [0.2, 0.25) is 0 Å². The molecule has 1 fully saturated rings. The smallest absolute Gasteiger partial charge is 0.322 e. The van der Waals surface area contributed by atoms with Gasteiger partial charge in [0.2, 0.25) is 0 Å². The Balaban J connectivity index is 1.48. The zero-order valence-corrected chi connectivity index (χ0v) is 17.7. The highest BCUT2D eigenvalue weighted by molar-refractivity contribution is 5.90. The Morgan fingerprint density at radius 1 is 1.28 bits per heavy atom. The van der Waals surface area contributed by atoms with E-state index in [2.05, 4.69) is 20.8 Å². The quantitative estimate of drug-likeness (QED) is 0.514. The molecule has 4 aromatic rings. The third kappa shape index (κ3) is 4.11. The predicted octanol–water partition coefficient (Wildman–Crippen LogP) is 3.94. The number of benzene rings is 2. The van der Waals surface area contributed by atoms with Gasteiger partial charge in [0.15, 0.2) is 5.65 Å². The van der Waals surface area contributed by atoms with Crippen LogP contribution >= 0.6 is 0 Å². The minimum absolute atomic E-state index is 0.0385. The molecule has 0 unspecified atom stereocenters. The van der Waals surface area contributed by atoms with Gasteiger partial charge in [-0.25, -0.2) is 9.18 Å². The molecule has 1 atom stereocenters. The van der Waals surface area contributed by atoms with E-state index in [1.54, 1.807) is 21.5 Å². The van der Waals surface area contributed by atoms with E-state index in [0.29, 0.717) is 24.5 Å². The second-order valence-electron chi connectivity index (χ2n) is 8.10. The average Bonchev–Trinajstić information content (AvgIpc) is 3.46. The van der Waals surface area contributed by atoms with E-state index in [1.165, 1.54) is 12.1 Å². The molecule has 1 N–H and O–H groups in total. The highest BCUT2D eigenvalue weighted by Crippen LogP contribution is 2.23. The van der Waals surface area contributed by atoms with Crippen LogP contribution in [0, 0.1) is 12.7 Å². The number of halogens is 1. The largest absolute Gasteiger partial charge is 0.376 e. The van der Waals surface area contributed by atoms with Crippen molar-refractivity contribution in [2.45, 2.75) is 32.4 Å². The minimum Gasteiger partial charge on any atom is -0.376 e. The van der Waals surface area contributed by atoms with Crippen molar-refractivity contribution in [2.75, 3.05) is 18.5 Å². The van der Waals surface area contributed by atoms with Crippen LogP contribution in [0.15, 0.2) is 48.5 Å². The Morgan fingerprint density at radius 2 is 2.19 bits per heavy atom. The molecule has 0 spiro atoms. The number of nitrogens with zero attached hydrogens (tertiary/aromatic N) is 5. The van der Waals surface area contributed by atoms with Gasteiger partial charge in [-0.3, -0.25) is 0 Å². The molecule has 0 radical (unpaired) electrons. The van der Waals surface area contributed by atoms with Crippen molar-refractivity contribution in [1.82, 2.24) is 24.9 Å². The van der Waals surface area contributed by atoms with Crippen LogP contribution in [-0.2, 0) is 11.3 Å². The normalized spacial score (nSPS) is 16.0. The summed E-state index contributed by atoms with van der Waals surface area (Å²) in [5, 5.41) is 16.0. The van der Waals surface area contributed by atoms with Crippen molar-refractivity contribution in [1.29, 1.82) is 0 Å². The number of ether oxygens (including phenoxy) is 1. The molecule has 164 valence electrons. The summed E-state index contributed by atoms with van der Waals surface area (Å²) in [5.41, 5.74) is 3.83. The van der Waals surface area contributed by atoms with E-state index >= 15 is 0 Å². The van der Waals surface area contributed by atoms with Crippen molar-refractivity contribution in [2.24, 2.45) is 0 Å². The summed E-state index contributed by atoms with van der Waals surface area (Å²) < 4.78 is 21.1. The van der Waals surface area contributed by atoms with Gasteiger partial charge in [-0.15, -0.1) is 5.10 Å². The van der Waals surface area contributed by atoms with Crippen molar-refractivity contribution in [3.05, 3.63) is 65.5 Å². The maximum Gasteiger partial charge on any atom is 0.322 e. The van der Waals surface area contributed by atoms with E-state index < -0.39 is 5.82 Å². The van der Waals surface area contributed by atoms with E-state index in [1.807, 2.05) is 31.2 Å². The van der Waals surface area contributed by atoms with Crippen molar-refractivity contribution in [3.8, 4) is 0 Å². The fraction of sp³-hybridized carbons (Fsp3) is 0.304. The van der Waals surface area contributed by atoms with Crippen LogP contribution in [0.3, 0.4) is 0 Å². The third-order valence-electron chi connectivity index (χ3n) is 5.67. The maximum absolute atomic E-state index is 13.6. The average molecular weight is 434 g/mol. The van der Waals surface area contributed by atoms with Gasteiger partial charge < -0.3 is 15.0 Å². The Labute approximate surface area is 184 Å². The van der Waals surface area contributed by atoms with Crippen LogP contribution in [-0.4, -0.2) is 50.2 Å². The number of amides is 2. The SMILES string of the molecule is Cc1ccc2cc(CN(C[C@H]3CCCO3)C(=O)Nc3cccc(F)c3)c3nnnn3c2c1. The third-order valence-corrected chi connectivity index (χ3v) is 5.67. The van der Waals surface area contributed by atoms with Crippen LogP contribution in [0.25, 0.3) is 16.6 Å². The van der Waals surface area contributed by atoms with E-state index in [0.717, 1.165) is 34.9 Å². The fourth-order valence-corrected chi connectivity index (χ4v) is 4.11. The van der Waals surface area contributed by atoms with Gasteiger partial charge in [-0.05, 0) is 66.1 Å². The lowest BCUT2D eigenvalue weighted by Crippen LogP contribution is -2.39. The number of carbonyl (C=O) groups is 1. The second-order valence-corrected chi connectivity index (χ2v) is 8.10. The molecule has 2 amide bonds. The predicted molar refractivity (Wildman–Crippen MR) is 118 cm³/mol. The molecule has 0 saturated carbocycles. The summed E-state index contributed by atoms with van der Waals surface area (Å²) in [6.45, 7) is 3.41. The lowest BCUT2D eigenvalue weighted by Gasteiger charge is -2.26. The summed E-state index contributed by atoms with van der Waals surface area (Å²) in [6, 6.07) is 13.6. The summed E-state index contributed by atoms with van der Waals surface area (Å²) in [7, 11) is 0. The molecule has 0 aliphatic carbocycles. The van der Waals surface area contributed by atoms with Crippen molar-refractivity contribution >= 4 is 28.3 Å². The number of nitrogens with one attached hydrogen (secondary N) is 1. The van der Waals surface area contributed by atoms with Gasteiger partial charge in [0.25, 0.3) is 0 Å². The molecule has 1 aliphatic heterocycles. The van der Waals surface area contributed by atoms with Gasteiger partial charge >= 0.3 is 6.03 Å². The molecule has 5 rings (SSSR count). The van der Waals surface area contributed by atoms with Crippen LogP contribution in [0.1, 0.15) is 24.0 Å². The first-order valence-electron chi connectivity index (χ1n) is 10.6. The van der Waals surface area contributed by atoms with Gasteiger partial charge in [0.05, 0.1) is 18.2 Å². The number of fused-ring (bicyclic) bond motifs is 3. The van der Waals surface area contributed by atoms with Gasteiger partial charge in [-0.2, -0.15) is 4.52 Å². The Morgan fingerprint density at radius 3 is 3.00 bits per heavy atom. The van der Waals surface area contributed by atoms with E-state index in [9.17, 15) is 9.18 Å². The number of urea groups is 1. The summed E-state index contributed by atoms with van der Waals surface area (Å²) in [6.07, 6.45) is 1.82. The molecule has 0 bridgehead atoms. The maximum atomic E-state index is 13.6. The van der Waals surface area contributed by atoms with E-state index in [4.69, 9.17) is 4.74 Å². The molecule has 1 saturated heterocycles. The molecule has 3 heterocycles. The molecule has 1 aliphatic rings. The standard InChI is InChI=1S/C23H23FN6O2/c1-15-7-8-16-11-17(22-26-27-28-30(22)21(16)10-15)13-29(14-20-6-3-9-32-20)23(31)25-19-5-2-4-18(24)12-19/h2,4-5,7-8,10-12,20H,3,6,9,13-14H2,1H3,(H,25,31)/t20-/m1/s1. The number of anilines is 1. The number of pyridine rings is 1. The molecule has 2 aromatic carbocycles. The summed E-state index contributed by atoms with van der Waals surface area (Å²) >= 11 is 0. The summed E-state index contributed by atoms with van der Waals surface area (Å²) in [5.74, 6) is -0.408. The monoisotopic (exact) mass is 434 g/mol. The number of tetrazole rings is 1. The minimum atomic E-state index is -0.408.